The van der Waals surface area contributed by atoms with Crippen LogP contribution in [0.15, 0.2) is 30.3 Å². The normalized spacial score (nSPS) is 19.9. The fourth-order valence-corrected chi connectivity index (χ4v) is 3.51. The molecule has 0 aliphatic heterocycles. The van der Waals surface area contributed by atoms with Gasteiger partial charge in [-0.3, -0.25) is 4.98 Å². The van der Waals surface area contributed by atoms with Crippen LogP contribution in [-0.4, -0.2) is 4.98 Å². The van der Waals surface area contributed by atoms with E-state index >= 15 is 0 Å². The first-order valence-corrected chi connectivity index (χ1v) is 7.71. The van der Waals surface area contributed by atoms with Gasteiger partial charge in [-0.2, -0.15) is 0 Å². The molecule has 20 heavy (non-hydrogen) atoms. The van der Waals surface area contributed by atoms with Crippen molar-refractivity contribution in [3.8, 4) is 0 Å². The maximum Gasteiger partial charge on any atom is 0.0705 e. The van der Waals surface area contributed by atoms with Crippen molar-refractivity contribution in [2.24, 2.45) is 11.1 Å². The molecular formula is C18H24N2. The highest BCUT2D eigenvalue weighted by molar-refractivity contribution is 5.79. The number of hydrogen-bond donors (Lipinski definition) is 1. The van der Waals surface area contributed by atoms with Crippen LogP contribution in [0.3, 0.4) is 0 Å². The zero-order chi connectivity index (χ0) is 14.2. The second-order valence-corrected chi connectivity index (χ2v) is 6.60. The van der Waals surface area contributed by atoms with Gasteiger partial charge in [-0.1, -0.05) is 38.3 Å². The fraction of sp³-hybridized carbons (Fsp3) is 0.500. The van der Waals surface area contributed by atoms with Gasteiger partial charge in [0.05, 0.1) is 5.52 Å². The standard InChI is InChI=1S/C18H24N2/c1-13-6-7-14-12-15(8-9-16(14)20-13)17(19)18(2)10-4-3-5-11-18/h6-9,12,17H,3-5,10-11,19H2,1-2H3. The molecule has 1 heterocycles. The largest absolute Gasteiger partial charge is 0.323 e. The number of aryl methyl sites for hydroxylation is 1. The van der Waals surface area contributed by atoms with Crippen molar-refractivity contribution in [3.05, 3.63) is 41.6 Å². The lowest BCUT2D eigenvalue weighted by Gasteiger charge is -2.39. The van der Waals surface area contributed by atoms with E-state index in [9.17, 15) is 0 Å². The third kappa shape index (κ3) is 2.45. The van der Waals surface area contributed by atoms with Gasteiger partial charge < -0.3 is 5.73 Å². The minimum Gasteiger partial charge on any atom is -0.323 e. The third-order valence-electron chi connectivity index (χ3n) is 4.96. The van der Waals surface area contributed by atoms with Crippen molar-refractivity contribution in [3.63, 3.8) is 0 Å². The van der Waals surface area contributed by atoms with Crippen molar-refractivity contribution >= 4 is 10.9 Å². The average molecular weight is 268 g/mol. The summed E-state index contributed by atoms with van der Waals surface area (Å²) in [7, 11) is 0. The Labute approximate surface area is 121 Å². The van der Waals surface area contributed by atoms with E-state index in [1.54, 1.807) is 0 Å². The SMILES string of the molecule is Cc1ccc2cc(C(N)C3(C)CCCCC3)ccc2n1. The zero-order valence-electron chi connectivity index (χ0n) is 12.5. The van der Waals surface area contributed by atoms with Gasteiger partial charge in [-0.15, -0.1) is 0 Å². The van der Waals surface area contributed by atoms with E-state index in [1.165, 1.54) is 43.1 Å². The van der Waals surface area contributed by atoms with Crippen LogP contribution in [0.1, 0.15) is 56.3 Å². The molecule has 1 fully saturated rings. The Hall–Kier alpha value is -1.41. The van der Waals surface area contributed by atoms with Crippen LogP contribution in [0.5, 0.6) is 0 Å². The monoisotopic (exact) mass is 268 g/mol. The highest BCUT2D eigenvalue weighted by Crippen LogP contribution is 2.44. The predicted octanol–water partition coefficient (Wildman–Crippen LogP) is 4.51. The van der Waals surface area contributed by atoms with Crippen molar-refractivity contribution < 1.29 is 0 Å². The van der Waals surface area contributed by atoms with Crippen molar-refractivity contribution in [2.75, 3.05) is 0 Å². The van der Waals surface area contributed by atoms with E-state index in [2.05, 4.69) is 42.2 Å². The van der Waals surface area contributed by atoms with Crippen LogP contribution >= 0.6 is 0 Å². The molecule has 2 N–H and O–H groups in total. The zero-order valence-corrected chi connectivity index (χ0v) is 12.5. The van der Waals surface area contributed by atoms with Crippen LogP contribution in [0.25, 0.3) is 10.9 Å². The first-order chi connectivity index (χ1) is 9.58. The highest BCUT2D eigenvalue weighted by Gasteiger charge is 2.34. The van der Waals surface area contributed by atoms with Crippen molar-refractivity contribution in [1.29, 1.82) is 0 Å². The Bertz CT molecular complexity index is 612. The Morgan fingerprint density at radius 2 is 1.85 bits per heavy atom. The van der Waals surface area contributed by atoms with E-state index < -0.39 is 0 Å². The summed E-state index contributed by atoms with van der Waals surface area (Å²) < 4.78 is 0. The lowest BCUT2D eigenvalue weighted by Crippen LogP contribution is -2.33. The lowest BCUT2D eigenvalue weighted by atomic mass is 9.69. The summed E-state index contributed by atoms with van der Waals surface area (Å²) >= 11 is 0. The molecule has 1 unspecified atom stereocenters. The minimum atomic E-state index is 0.133. The molecule has 0 amide bonds. The molecule has 1 atom stereocenters. The number of nitrogens with zero attached hydrogens (tertiary/aromatic N) is 1. The molecule has 2 nitrogen and oxygen atoms in total. The summed E-state index contributed by atoms with van der Waals surface area (Å²) in [5.41, 5.74) is 10.2. The first-order valence-electron chi connectivity index (χ1n) is 7.71. The molecule has 2 aromatic rings. The van der Waals surface area contributed by atoms with Gasteiger partial charge in [-0.25, -0.2) is 0 Å². The molecule has 1 saturated carbocycles. The maximum absolute atomic E-state index is 6.60. The smallest absolute Gasteiger partial charge is 0.0705 e. The predicted molar refractivity (Wildman–Crippen MR) is 84.6 cm³/mol. The summed E-state index contributed by atoms with van der Waals surface area (Å²) in [6.07, 6.45) is 6.50. The first kappa shape index (κ1) is 13.6. The summed E-state index contributed by atoms with van der Waals surface area (Å²) in [5.74, 6) is 0. The average Bonchev–Trinajstić information content (AvgIpc) is 2.46. The third-order valence-corrected chi connectivity index (χ3v) is 4.96. The molecule has 1 aliphatic rings. The van der Waals surface area contributed by atoms with E-state index in [1.807, 2.05) is 6.92 Å². The molecule has 3 rings (SSSR count). The minimum absolute atomic E-state index is 0.133. The second kappa shape index (κ2) is 5.17. The molecule has 0 saturated heterocycles. The number of hydrogen-bond acceptors (Lipinski definition) is 2. The van der Waals surface area contributed by atoms with Gasteiger partial charge in [0.15, 0.2) is 0 Å². The van der Waals surface area contributed by atoms with Gasteiger partial charge in [0.25, 0.3) is 0 Å². The molecule has 1 aromatic carbocycles. The number of benzene rings is 1. The van der Waals surface area contributed by atoms with Gasteiger partial charge in [0, 0.05) is 17.1 Å². The van der Waals surface area contributed by atoms with Crippen LogP contribution in [0.2, 0.25) is 0 Å². The molecule has 0 bridgehead atoms. The number of pyridine rings is 1. The number of rotatable bonds is 2. The Morgan fingerprint density at radius 1 is 1.10 bits per heavy atom. The van der Waals surface area contributed by atoms with Gasteiger partial charge >= 0.3 is 0 Å². The quantitative estimate of drug-likeness (QED) is 0.870. The molecule has 1 aliphatic carbocycles. The lowest BCUT2D eigenvalue weighted by molar-refractivity contribution is 0.170. The molecule has 106 valence electrons. The van der Waals surface area contributed by atoms with E-state index in [0.717, 1.165) is 11.2 Å². The maximum atomic E-state index is 6.60. The van der Waals surface area contributed by atoms with Crippen molar-refractivity contribution in [2.45, 2.75) is 52.0 Å². The Balaban J connectivity index is 1.95. The topological polar surface area (TPSA) is 38.9 Å². The number of nitrogens with two attached hydrogens (primary N) is 1. The van der Waals surface area contributed by atoms with Crippen LogP contribution in [0, 0.1) is 12.3 Å². The molecule has 2 heteroatoms. The molecular weight excluding hydrogens is 244 g/mol. The highest BCUT2D eigenvalue weighted by atomic mass is 14.7. The van der Waals surface area contributed by atoms with Crippen molar-refractivity contribution in [1.82, 2.24) is 4.98 Å². The van der Waals surface area contributed by atoms with Gasteiger partial charge in [0.2, 0.25) is 0 Å². The summed E-state index contributed by atoms with van der Waals surface area (Å²) in [6, 6.07) is 10.9. The summed E-state index contributed by atoms with van der Waals surface area (Å²) in [5, 5.41) is 1.20. The molecule has 0 radical (unpaired) electrons. The second-order valence-electron chi connectivity index (χ2n) is 6.60. The fourth-order valence-electron chi connectivity index (χ4n) is 3.51. The number of fused-ring (bicyclic) bond motifs is 1. The summed E-state index contributed by atoms with van der Waals surface area (Å²) in [6.45, 7) is 4.39. The summed E-state index contributed by atoms with van der Waals surface area (Å²) in [4.78, 5) is 4.57. The molecule has 0 spiro atoms. The van der Waals surface area contributed by atoms with E-state index in [-0.39, 0.29) is 11.5 Å². The van der Waals surface area contributed by atoms with Crippen LogP contribution < -0.4 is 5.73 Å². The number of aromatic nitrogens is 1. The van der Waals surface area contributed by atoms with E-state index in [0.29, 0.717) is 0 Å². The Kier molecular flexibility index (Phi) is 3.51. The molecule has 1 aromatic heterocycles. The van der Waals surface area contributed by atoms with Crippen LogP contribution in [-0.2, 0) is 0 Å². The van der Waals surface area contributed by atoms with Gasteiger partial charge in [-0.05, 0) is 48.9 Å². The van der Waals surface area contributed by atoms with Gasteiger partial charge in [0.1, 0.15) is 0 Å². The van der Waals surface area contributed by atoms with Crippen LogP contribution in [0.4, 0.5) is 0 Å². The Morgan fingerprint density at radius 3 is 2.60 bits per heavy atom. The van der Waals surface area contributed by atoms with E-state index in [4.69, 9.17) is 5.73 Å².